The van der Waals surface area contributed by atoms with Crippen LogP contribution in [-0.4, -0.2) is 129 Å². The minimum absolute atomic E-state index is 0.909. The van der Waals surface area contributed by atoms with E-state index in [9.17, 15) is 39.1 Å². The van der Waals surface area contributed by atoms with Crippen molar-refractivity contribution in [2.45, 2.75) is 55.1 Å². The Bertz CT molecular complexity index is 542. The lowest BCUT2D eigenvalue weighted by Crippen LogP contribution is -2.62. The Morgan fingerprint density at radius 3 is 1.96 bits per heavy atom. The molecule has 27 heavy (non-hydrogen) atoms. The van der Waals surface area contributed by atoms with E-state index in [4.69, 9.17) is 24.2 Å². The molecule has 0 unspecified atom stereocenters. The SMILES string of the molecule is O=S(=O)(O)O[C@H]1[C@@H](O)[C@@H](CO)O[C@@H](O[C@@H]([C@H](O)[C@@H](O)CO)[C@H](O)CO)[C@@H]1O. The Morgan fingerprint density at radius 1 is 0.963 bits per heavy atom. The molecule has 1 saturated heterocycles. The van der Waals surface area contributed by atoms with Gasteiger partial charge in [0.2, 0.25) is 0 Å². The molecule has 1 aliphatic heterocycles. The van der Waals surface area contributed by atoms with Crippen LogP contribution in [0, 0.1) is 0 Å². The third-order valence-corrected chi connectivity index (χ3v) is 4.30. The van der Waals surface area contributed by atoms with Crippen molar-refractivity contribution in [1.29, 1.82) is 0 Å². The standard InChI is InChI=1S/C12H24O14S/c13-1-4(16)7(18)10(5(17)2-14)25-12-9(20)11(26-27(21,22)23)8(19)6(3-15)24-12/h4-20H,1-3H2,(H,21,22,23)/t4-,5+,6+,7+,8-,9+,10+,11-,12-/m0/s1. The van der Waals surface area contributed by atoms with Crippen LogP contribution in [0.1, 0.15) is 0 Å². The number of aliphatic hydroxyl groups is 8. The van der Waals surface area contributed by atoms with Crippen molar-refractivity contribution in [2.75, 3.05) is 19.8 Å². The van der Waals surface area contributed by atoms with Crippen LogP contribution in [-0.2, 0) is 24.1 Å². The molecule has 1 aliphatic rings. The first kappa shape index (κ1) is 24.5. The molecule has 0 aliphatic carbocycles. The average molecular weight is 424 g/mol. The van der Waals surface area contributed by atoms with Gasteiger partial charge in [0.15, 0.2) is 6.29 Å². The molecule has 9 N–H and O–H groups in total. The molecular weight excluding hydrogens is 400 g/mol. The molecule has 15 heteroatoms. The second-order valence-electron chi connectivity index (χ2n) is 5.79. The number of hydrogen-bond acceptors (Lipinski definition) is 13. The fraction of sp³-hybridized carbons (Fsp3) is 1.00. The zero-order valence-corrected chi connectivity index (χ0v) is 14.6. The molecule has 1 rings (SSSR count). The predicted octanol–water partition coefficient (Wildman–Crippen LogP) is -5.93. The minimum Gasteiger partial charge on any atom is -0.394 e. The van der Waals surface area contributed by atoms with Gasteiger partial charge in [-0.3, -0.25) is 4.55 Å². The highest BCUT2D eigenvalue weighted by atomic mass is 32.3. The molecule has 0 bridgehead atoms. The summed E-state index contributed by atoms with van der Waals surface area (Å²) in [5.74, 6) is 0. The monoisotopic (exact) mass is 424 g/mol. The van der Waals surface area contributed by atoms with Crippen LogP contribution in [0.25, 0.3) is 0 Å². The first-order valence-corrected chi connectivity index (χ1v) is 9.02. The second-order valence-corrected chi connectivity index (χ2v) is 6.83. The van der Waals surface area contributed by atoms with Gasteiger partial charge in [0.1, 0.15) is 48.8 Å². The topological polar surface area (TPSA) is 244 Å². The summed E-state index contributed by atoms with van der Waals surface area (Å²) in [4.78, 5) is 0. The van der Waals surface area contributed by atoms with E-state index in [1.54, 1.807) is 0 Å². The Labute approximate surface area is 153 Å². The molecule has 1 heterocycles. The maximum Gasteiger partial charge on any atom is 0.397 e. The molecule has 0 aromatic carbocycles. The molecule has 9 atom stereocenters. The van der Waals surface area contributed by atoms with Gasteiger partial charge in [-0.25, -0.2) is 4.18 Å². The first-order chi connectivity index (χ1) is 12.5. The lowest BCUT2D eigenvalue weighted by atomic mass is 9.98. The van der Waals surface area contributed by atoms with E-state index < -0.39 is 85.3 Å². The van der Waals surface area contributed by atoms with E-state index in [0.717, 1.165) is 0 Å². The van der Waals surface area contributed by atoms with Gasteiger partial charge in [-0.2, -0.15) is 8.42 Å². The highest BCUT2D eigenvalue weighted by Gasteiger charge is 2.49. The maximum absolute atomic E-state index is 10.9. The van der Waals surface area contributed by atoms with Gasteiger partial charge in [0, 0.05) is 0 Å². The first-order valence-electron chi connectivity index (χ1n) is 7.66. The second kappa shape index (κ2) is 10.3. The van der Waals surface area contributed by atoms with E-state index in [-0.39, 0.29) is 0 Å². The van der Waals surface area contributed by atoms with E-state index >= 15 is 0 Å². The van der Waals surface area contributed by atoms with Crippen LogP contribution < -0.4 is 0 Å². The molecule has 162 valence electrons. The molecular formula is C12H24O14S. The maximum atomic E-state index is 10.9. The molecule has 0 aromatic heterocycles. The van der Waals surface area contributed by atoms with Crippen molar-refractivity contribution in [3.63, 3.8) is 0 Å². The van der Waals surface area contributed by atoms with Gasteiger partial charge in [-0.1, -0.05) is 0 Å². The molecule has 0 amide bonds. The van der Waals surface area contributed by atoms with Crippen LogP contribution in [0.2, 0.25) is 0 Å². The molecule has 1 fully saturated rings. The van der Waals surface area contributed by atoms with Crippen LogP contribution in [0.5, 0.6) is 0 Å². The highest BCUT2D eigenvalue weighted by Crippen LogP contribution is 2.27. The summed E-state index contributed by atoms with van der Waals surface area (Å²) in [6.45, 7) is -2.85. The number of aliphatic hydroxyl groups excluding tert-OH is 8. The van der Waals surface area contributed by atoms with Crippen LogP contribution in [0.4, 0.5) is 0 Å². The van der Waals surface area contributed by atoms with Gasteiger partial charge >= 0.3 is 10.4 Å². The predicted molar refractivity (Wildman–Crippen MR) is 81.2 cm³/mol. The summed E-state index contributed by atoms with van der Waals surface area (Å²) in [6, 6.07) is 0. The fourth-order valence-electron chi connectivity index (χ4n) is 2.40. The quantitative estimate of drug-likeness (QED) is 0.148. The molecule has 0 radical (unpaired) electrons. The Morgan fingerprint density at radius 2 is 1.52 bits per heavy atom. The zero-order valence-electron chi connectivity index (χ0n) is 13.8. The molecule has 0 spiro atoms. The smallest absolute Gasteiger partial charge is 0.394 e. The zero-order chi connectivity index (χ0) is 20.9. The normalized spacial score (nSPS) is 34.0. The molecule has 0 saturated carbocycles. The van der Waals surface area contributed by atoms with Crippen molar-refractivity contribution >= 4 is 10.4 Å². The van der Waals surface area contributed by atoms with Crippen molar-refractivity contribution in [3.05, 3.63) is 0 Å². The lowest BCUT2D eigenvalue weighted by Gasteiger charge is -2.43. The van der Waals surface area contributed by atoms with Crippen molar-refractivity contribution in [2.24, 2.45) is 0 Å². The highest BCUT2D eigenvalue weighted by molar-refractivity contribution is 7.80. The summed E-state index contributed by atoms with van der Waals surface area (Å²) in [5.41, 5.74) is 0. The van der Waals surface area contributed by atoms with Crippen molar-refractivity contribution in [1.82, 2.24) is 0 Å². The van der Waals surface area contributed by atoms with Gasteiger partial charge in [0.25, 0.3) is 0 Å². The average Bonchev–Trinajstić information content (AvgIpc) is 2.61. The number of hydrogen-bond donors (Lipinski definition) is 9. The summed E-state index contributed by atoms with van der Waals surface area (Å²) >= 11 is 0. The van der Waals surface area contributed by atoms with E-state index in [1.165, 1.54) is 0 Å². The Balaban J connectivity index is 3.08. The minimum atomic E-state index is -5.15. The lowest BCUT2D eigenvalue weighted by molar-refractivity contribution is -0.324. The number of rotatable bonds is 10. The summed E-state index contributed by atoms with van der Waals surface area (Å²) in [7, 11) is -5.15. The van der Waals surface area contributed by atoms with E-state index in [0.29, 0.717) is 0 Å². The van der Waals surface area contributed by atoms with E-state index in [1.807, 2.05) is 0 Å². The Kier molecular flexibility index (Phi) is 9.35. The molecule has 0 aromatic rings. The summed E-state index contributed by atoms with van der Waals surface area (Å²) in [5, 5.41) is 76.3. The van der Waals surface area contributed by atoms with Gasteiger partial charge in [-0.05, 0) is 0 Å². The third-order valence-electron chi connectivity index (χ3n) is 3.83. The van der Waals surface area contributed by atoms with Gasteiger partial charge in [0.05, 0.1) is 19.8 Å². The summed E-state index contributed by atoms with van der Waals surface area (Å²) in [6.07, 6.45) is -17.2. The van der Waals surface area contributed by atoms with E-state index in [2.05, 4.69) is 4.18 Å². The van der Waals surface area contributed by atoms with Crippen molar-refractivity contribution < 1.29 is 67.5 Å². The fourth-order valence-corrected chi connectivity index (χ4v) is 2.91. The van der Waals surface area contributed by atoms with Crippen LogP contribution >= 0.6 is 0 Å². The molecule has 14 nitrogen and oxygen atoms in total. The largest absolute Gasteiger partial charge is 0.397 e. The van der Waals surface area contributed by atoms with Crippen LogP contribution in [0.3, 0.4) is 0 Å². The van der Waals surface area contributed by atoms with Crippen LogP contribution in [0.15, 0.2) is 0 Å². The van der Waals surface area contributed by atoms with Crippen molar-refractivity contribution in [3.8, 4) is 0 Å². The number of ether oxygens (including phenoxy) is 2. The van der Waals surface area contributed by atoms with Gasteiger partial charge < -0.3 is 50.3 Å². The Hall–Kier alpha value is -0.530. The van der Waals surface area contributed by atoms with Gasteiger partial charge in [-0.15, -0.1) is 0 Å². The third kappa shape index (κ3) is 6.50. The summed E-state index contributed by atoms with van der Waals surface area (Å²) < 4.78 is 44.8.